The van der Waals surface area contributed by atoms with Gasteiger partial charge in [-0.1, -0.05) is 12.1 Å². The van der Waals surface area contributed by atoms with Crippen molar-refractivity contribution >= 4 is 5.78 Å². The van der Waals surface area contributed by atoms with E-state index in [-0.39, 0.29) is 0 Å². The summed E-state index contributed by atoms with van der Waals surface area (Å²) in [5, 5.41) is 0. The summed E-state index contributed by atoms with van der Waals surface area (Å²) in [4.78, 5) is 8.03. The summed E-state index contributed by atoms with van der Waals surface area (Å²) in [6, 6.07) is 6.85. The molecule has 0 saturated heterocycles. The summed E-state index contributed by atoms with van der Waals surface area (Å²) >= 11 is 0. The van der Waals surface area contributed by atoms with Crippen LogP contribution in [0.1, 0.15) is 5.56 Å². The molecule has 6 heteroatoms. The van der Waals surface area contributed by atoms with Crippen LogP contribution in [-0.2, 0) is 6.18 Å². The number of aromatic nitrogens is 3. The molecule has 0 aliphatic rings. The van der Waals surface area contributed by atoms with Crippen LogP contribution >= 0.6 is 0 Å². The molecule has 3 aromatic rings. The first-order valence-corrected chi connectivity index (χ1v) is 5.51. The van der Waals surface area contributed by atoms with Crippen LogP contribution in [0.4, 0.5) is 13.2 Å². The molecule has 2 heterocycles. The van der Waals surface area contributed by atoms with Gasteiger partial charge in [-0.3, -0.25) is 4.40 Å². The molecule has 0 atom stereocenters. The van der Waals surface area contributed by atoms with Gasteiger partial charge in [0.25, 0.3) is 0 Å². The third-order valence-corrected chi connectivity index (χ3v) is 2.79. The lowest BCUT2D eigenvalue weighted by Gasteiger charge is -2.09. The maximum Gasteiger partial charge on any atom is 0.416 e. The van der Waals surface area contributed by atoms with Gasteiger partial charge in [0.1, 0.15) is 0 Å². The number of fused-ring (bicyclic) bond motifs is 1. The zero-order chi connectivity index (χ0) is 13.5. The fraction of sp³-hybridized carbons (Fsp3) is 0.0769. The summed E-state index contributed by atoms with van der Waals surface area (Å²) in [7, 11) is 0. The lowest BCUT2D eigenvalue weighted by molar-refractivity contribution is -0.137. The van der Waals surface area contributed by atoms with Crippen molar-refractivity contribution in [3.63, 3.8) is 0 Å². The highest BCUT2D eigenvalue weighted by Gasteiger charge is 2.30. The minimum atomic E-state index is -4.35. The zero-order valence-electron chi connectivity index (χ0n) is 9.59. The fourth-order valence-corrected chi connectivity index (χ4v) is 1.92. The van der Waals surface area contributed by atoms with E-state index in [0.717, 1.165) is 12.1 Å². The zero-order valence-corrected chi connectivity index (χ0v) is 9.59. The molecule has 2 aromatic heterocycles. The average molecular weight is 263 g/mol. The van der Waals surface area contributed by atoms with Gasteiger partial charge in [-0.25, -0.2) is 9.97 Å². The van der Waals surface area contributed by atoms with Gasteiger partial charge in [-0.2, -0.15) is 13.2 Å². The second-order valence-electron chi connectivity index (χ2n) is 4.01. The summed E-state index contributed by atoms with van der Waals surface area (Å²) in [5.74, 6) is 0.454. The van der Waals surface area contributed by atoms with E-state index in [2.05, 4.69) is 9.97 Å². The van der Waals surface area contributed by atoms with Gasteiger partial charge in [0.2, 0.25) is 5.78 Å². The molecule has 0 bridgehead atoms. The molecule has 1 aromatic carbocycles. The number of imidazole rings is 1. The molecule has 0 saturated carbocycles. The molecule has 0 amide bonds. The van der Waals surface area contributed by atoms with Crippen molar-refractivity contribution < 1.29 is 13.2 Å². The fourth-order valence-electron chi connectivity index (χ4n) is 1.92. The van der Waals surface area contributed by atoms with Crippen LogP contribution in [0.3, 0.4) is 0 Å². The van der Waals surface area contributed by atoms with Crippen LogP contribution in [0.25, 0.3) is 17.0 Å². The minimum absolute atomic E-state index is 0.454. The first kappa shape index (κ1) is 11.7. The topological polar surface area (TPSA) is 30.2 Å². The molecular formula is C13H8F3N3. The lowest BCUT2D eigenvalue weighted by atomic mass is 10.1. The van der Waals surface area contributed by atoms with E-state index in [1.165, 1.54) is 12.3 Å². The number of rotatable bonds is 1. The highest BCUT2D eigenvalue weighted by atomic mass is 19.4. The molecule has 0 aliphatic carbocycles. The number of nitrogens with zero attached hydrogens (tertiary/aromatic N) is 3. The predicted molar refractivity (Wildman–Crippen MR) is 63.4 cm³/mol. The Labute approximate surface area is 106 Å². The Balaban J connectivity index is 2.19. The standard InChI is InChI=1S/C13H8F3N3/c14-13(15,16)10-3-1-2-9(8-10)11-4-5-17-12-18-6-7-19(11)12/h1-8H. The van der Waals surface area contributed by atoms with Crippen molar-refractivity contribution in [2.24, 2.45) is 0 Å². The molecule has 0 N–H and O–H groups in total. The van der Waals surface area contributed by atoms with Gasteiger partial charge >= 0.3 is 6.18 Å². The summed E-state index contributed by atoms with van der Waals surface area (Å²) in [5.41, 5.74) is 0.420. The van der Waals surface area contributed by atoms with Crippen LogP contribution in [0, 0.1) is 0 Å². The number of hydrogen-bond donors (Lipinski definition) is 0. The van der Waals surface area contributed by atoms with E-state index >= 15 is 0 Å². The van der Waals surface area contributed by atoms with Gasteiger partial charge < -0.3 is 0 Å². The van der Waals surface area contributed by atoms with Crippen LogP contribution in [-0.4, -0.2) is 14.4 Å². The van der Waals surface area contributed by atoms with Gasteiger partial charge in [0, 0.05) is 18.6 Å². The molecule has 3 rings (SSSR count). The first-order chi connectivity index (χ1) is 9.05. The summed E-state index contributed by atoms with van der Waals surface area (Å²) < 4.78 is 39.8. The van der Waals surface area contributed by atoms with E-state index in [1.807, 2.05) is 0 Å². The largest absolute Gasteiger partial charge is 0.416 e. The second kappa shape index (κ2) is 4.08. The molecule has 3 nitrogen and oxygen atoms in total. The molecule has 0 aliphatic heterocycles. The number of hydrogen-bond acceptors (Lipinski definition) is 2. The van der Waals surface area contributed by atoms with Crippen molar-refractivity contribution in [2.45, 2.75) is 6.18 Å². The third kappa shape index (κ3) is 2.05. The smallest absolute Gasteiger partial charge is 0.284 e. The molecular weight excluding hydrogens is 255 g/mol. The minimum Gasteiger partial charge on any atom is -0.284 e. The predicted octanol–water partition coefficient (Wildman–Crippen LogP) is 3.42. The maximum absolute atomic E-state index is 12.7. The van der Waals surface area contributed by atoms with Gasteiger partial charge in [0.15, 0.2) is 0 Å². The van der Waals surface area contributed by atoms with Gasteiger partial charge in [0.05, 0.1) is 11.3 Å². The van der Waals surface area contributed by atoms with Crippen molar-refractivity contribution in [1.29, 1.82) is 0 Å². The average Bonchev–Trinajstić information content (AvgIpc) is 2.86. The van der Waals surface area contributed by atoms with E-state index in [0.29, 0.717) is 17.0 Å². The van der Waals surface area contributed by atoms with E-state index in [1.54, 1.807) is 28.9 Å². The molecule has 0 fully saturated rings. The molecule has 96 valence electrons. The van der Waals surface area contributed by atoms with Crippen molar-refractivity contribution in [3.05, 3.63) is 54.5 Å². The molecule has 0 spiro atoms. The normalized spacial score (nSPS) is 11.9. The van der Waals surface area contributed by atoms with Crippen molar-refractivity contribution in [1.82, 2.24) is 14.4 Å². The Morgan fingerprint density at radius 1 is 1.00 bits per heavy atom. The number of halogens is 3. The third-order valence-electron chi connectivity index (χ3n) is 2.79. The van der Waals surface area contributed by atoms with Crippen LogP contribution in [0.5, 0.6) is 0 Å². The van der Waals surface area contributed by atoms with Gasteiger partial charge in [-0.05, 0) is 23.8 Å². The molecule has 0 radical (unpaired) electrons. The van der Waals surface area contributed by atoms with Crippen LogP contribution in [0.2, 0.25) is 0 Å². The summed E-state index contributed by atoms with van der Waals surface area (Å²) in [6.45, 7) is 0. The first-order valence-electron chi connectivity index (χ1n) is 5.51. The highest BCUT2D eigenvalue weighted by molar-refractivity contribution is 5.62. The number of alkyl halides is 3. The number of benzene rings is 1. The van der Waals surface area contributed by atoms with Gasteiger partial charge in [-0.15, -0.1) is 0 Å². The highest BCUT2D eigenvalue weighted by Crippen LogP contribution is 2.32. The Hall–Kier alpha value is -2.37. The molecule has 19 heavy (non-hydrogen) atoms. The SMILES string of the molecule is FC(F)(F)c1cccc(-c2ccnc3nccn23)c1. The second-order valence-corrected chi connectivity index (χ2v) is 4.01. The van der Waals surface area contributed by atoms with E-state index < -0.39 is 11.7 Å². The Morgan fingerprint density at radius 3 is 2.58 bits per heavy atom. The Morgan fingerprint density at radius 2 is 1.79 bits per heavy atom. The van der Waals surface area contributed by atoms with E-state index in [4.69, 9.17) is 0 Å². The van der Waals surface area contributed by atoms with Crippen LogP contribution < -0.4 is 0 Å². The monoisotopic (exact) mass is 263 g/mol. The van der Waals surface area contributed by atoms with Crippen molar-refractivity contribution in [3.8, 4) is 11.3 Å². The lowest BCUT2D eigenvalue weighted by Crippen LogP contribution is -2.05. The Kier molecular flexibility index (Phi) is 2.51. The van der Waals surface area contributed by atoms with E-state index in [9.17, 15) is 13.2 Å². The van der Waals surface area contributed by atoms with Crippen molar-refractivity contribution in [2.75, 3.05) is 0 Å². The Bertz CT molecular complexity index is 731. The molecule has 0 unspecified atom stereocenters. The van der Waals surface area contributed by atoms with Crippen LogP contribution in [0.15, 0.2) is 48.9 Å². The maximum atomic E-state index is 12.7. The quantitative estimate of drug-likeness (QED) is 0.673. The summed E-state index contributed by atoms with van der Waals surface area (Å²) in [6.07, 6.45) is 0.395.